The summed E-state index contributed by atoms with van der Waals surface area (Å²) in [5.74, 6) is -0.0928. The number of esters is 2. The van der Waals surface area contributed by atoms with Crippen molar-refractivity contribution in [1.29, 1.82) is 0 Å². The van der Waals surface area contributed by atoms with Gasteiger partial charge < -0.3 is 24.1 Å². The maximum Gasteiger partial charge on any atom is 0.308 e. The second-order valence-electron chi connectivity index (χ2n) is 7.96. The summed E-state index contributed by atoms with van der Waals surface area (Å²) >= 11 is 0. The summed E-state index contributed by atoms with van der Waals surface area (Å²) in [6.07, 6.45) is 10.1. The normalized spacial score (nSPS) is 32.0. The zero-order valence-corrected chi connectivity index (χ0v) is 17.3. The number of carbonyl (C=O) groups is 2. The van der Waals surface area contributed by atoms with Crippen molar-refractivity contribution in [2.45, 2.75) is 96.6 Å². The van der Waals surface area contributed by atoms with Crippen LogP contribution in [0, 0.1) is 11.8 Å². The fraction of sp³-hybridized carbons (Fsp3) is 0.909. The molecule has 1 saturated heterocycles. The van der Waals surface area contributed by atoms with Gasteiger partial charge in [-0.2, -0.15) is 0 Å². The van der Waals surface area contributed by atoms with Crippen molar-refractivity contribution in [3.63, 3.8) is 0 Å². The molecule has 0 bridgehead atoms. The zero-order chi connectivity index (χ0) is 20.4. The lowest BCUT2D eigenvalue weighted by molar-refractivity contribution is -0.195. The number of ether oxygens (including phenoxy) is 4. The molecule has 3 aliphatic rings. The Morgan fingerprint density at radius 2 is 1.31 bits per heavy atom. The Morgan fingerprint density at radius 1 is 0.793 bits per heavy atom. The van der Waals surface area contributed by atoms with Gasteiger partial charge in [0.25, 0.3) is 0 Å². The highest BCUT2D eigenvalue weighted by Gasteiger charge is 2.29. The van der Waals surface area contributed by atoms with E-state index < -0.39 is 0 Å². The molecule has 0 radical (unpaired) electrons. The standard InChI is InChI=1S/C13H22O4.C8H14O3.CH4/c1-15-13(14)10-5-7-11(8-6-10)17-12-4-2-3-9-16-12;1-11-8(10)6-2-4-7(9)5-3-6;/h10-12H,2-9H2,1H3;6-7,9H,2-5H2,1H3;1H4. The summed E-state index contributed by atoms with van der Waals surface area (Å²) in [4.78, 5) is 22.3. The highest BCUT2D eigenvalue weighted by molar-refractivity contribution is 5.72. The Hall–Kier alpha value is -1.18. The van der Waals surface area contributed by atoms with Crippen LogP contribution in [0.5, 0.6) is 0 Å². The molecule has 3 fully saturated rings. The van der Waals surface area contributed by atoms with E-state index in [1.807, 2.05) is 0 Å². The van der Waals surface area contributed by atoms with Gasteiger partial charge >= 0.3 is 11.9 Å². The first-order chi connectivity index (χ1) is 13.5. The molecular formula is C22H40O7. The lowest BCUT2D eigenvalue weighted by Gasteiger charge is -2.31. The molecule has 1 atom stereocenters. The summed E-state index contributed by atoms with van der Waals surface area (Å²) < 4.78 is 20.9. The van der Waals surface area contributed by atoms with Crippen LogP contribution in [0.1, 0.15) is 78.1 Å². The third-order valence-corrected chi connectivity index (χ3v) is 5.92. The first-order valence-electron chi connectivity index (χ1n) is 10.6. The Morgan fingerprint density at radius 3 is 1.76 bits per heavy atom. The van der Waals surface area contributed by atoms with Gasteiger partial charge in [-0.05, 0) is 70.6 Å². The van der Waals surface area contributed by atoms with E-state index in [-0.39, 0.29) is 49.7 Å². The largest absolute Gasteiger partial charge is 0.469 e. The van der Waals surface area contributed by atoms with E-state index >= 15 is 0 Å². The molecule has 1 N–H and O–H groups in total. The van der Waals surface area contributed by atoms with Gasteiger partial charge in [0.1, 0.15) is 0 Å². The van der Waals surface area contributed by atoms with Gasteiger partial charge in [-0.3, -0.25) is 9.59 Å². The van der Waals surface area contributed by atoms with Crippen molar-refractivity contribution >= 4 is 11.9 Å². The predicted octanol–water partition coefficient (Wildman–Crippen LogP) is 3.61. The fourth-order valence-corrected chi connectivity index (χ4v) is 4.11. The summed E-state index contributed by atoms with van der Waals surface area (Å²) in [7, 11) is 2.87. The Bertz CT molecular complexity index is 460. The average molecular weight is 417 g/mol. The smallest absolute Gasteiger partial charge is 0.308 e. The minimum absolute atomic E-state index is 0. The van der Waals surface area contributed by atoms with Crippen LogP contribution in [-0.2, 0) is 28.5 Å². The zero-order valence-electron chi connectivity index (χ0n) is 17.3. The maximum atomic E-state index is 11.4. The highest BCUT2D eigenvalue weighted by Crippen LogP contribution is 2.29. The van der Waals surface area contributed by atoms with Crippen LogP contribution >= 0.6 is 0 Å². The molecule has 1 unspecified atom stereocenters. The van der Waals surface area contributed by atoms with Crippen molar-refractivity contribution in [3.8, 4) is 0 Å². The van der Waals surface area contributed by atoms with E-state index in [0.717, 1.165) is 70.8 Å². The first kappa shape index (κ1) is 25.9. The number of hydrogen-bond acceptors (Lipinski definition) is 7. The average Bonchev–Trinajstić information content (AvgIpc) is 2.75. The van der Waals surface area contributed by atoms with Crippen molar-refractivity contribution in [2.24, 2.45) is 11.8 Å². The Balaban J connectivity index is 0.000000306. The molecule has 0 aromatic carbocycles. The topological polar surface area (TPSA) is 91.3 Å². The fourth-order valence-electron chi connectivity index (χ4n) is 4.11. The monoisotopic (exact) mass is 416 g/mol. The minimum atomic E-state index is -0.198. The molecule has 2 saturated carbocycles. The molecule has 170 valence electrons. The van der Waals surface area contributed by atoms with Gasteiger partial charge in [0.05, 0.1) is 38.3 Å². The van der Waals surface area contributed by atoms with E-state index in [9.17, 15) is 9.59 Å². The summed E-state index contributed by atoms with van der Waals surface area (Å²) in [6.45, 7) is 0.822. The van der Waals surface area contributed by atoms with Crippen LogP contribution < -0.4 is 0 Å². The number of carbonyl (C=O) groups excluding carboxylic acids is 2. The number of aliphatic hydroxyl groups excluding tert-OH is 1. The van der Waals surface area contributed by atoms with Gasteiger partial charge in [0.2, 0.25) is 0 Å². The van der Waals surface area contributed by atoms with Crippen LogP contribution in [0.3, 0.4) is 0 Å². The van der Waals surface area contributed by atoms with Crippen LogP contribution in [0.25, 0.3) is 0 Å². The summed E-state index contributed by atoms with van der Waals surface area (Å²) in [5.41, 5.74) is 0. The molecule has 0 aromatic rings. The first-order valence-corrected chi connectivity index (χ1v) is 10.6. The van der Waals surface area contributed by atoms with E-state index in [1.165, 1.54) is 20.6 Å². The molecule has 7 nitrogen and oxygen atoms in total. The molecule has 29 heavy (non-hydrogen) atoms. The SMILES string of the molecule is C.COC(=O)C1CCC(O)CC1.COC(=O)C1CCC(OC2CCCCO2)CC1. The third-order valence-electron chi connectivity index (χ3n) is 5.92. The van der Waals surface area contributed by atoms with E-state index in [2.05, 4.69) is 4.74 Å². The highest BCUT2D eigenvalue weighted by atomic mass is 16.7. The molecule has 3 rings (SSSR count). The van der Waals surface area contributed by atoms with Crippen LogP contribution in [-0.4, -0.2) is 56.4 Å². The molecular weight excluding hydrogens is 376 g/mol. The number of hydrogen-bond donors (Lipinski definition) is 1. The molecule has 0 aromatic heterocycles. The third kappa shape index (κ3) is 9.01. The Kier molecular flexibility index (Phi) is 12.4. The van der Waals surface area contributed by atoms with Gasteiger partial charge in [-0.1, -0.05) is 7.43 Å². The van der Waals surface area contributed by atoms with Crippen LogP contribution in [0.15, 0.2) is 0 Å². The predicted molar refractivity (Wildman–Crippen MR) is 109 cm³/mol. The number of methoxy groups -OCH3 is 2. The van der Waals surface area contributed by atoms with Crippen LogP contribution in [0.2, 0.25) is 0 Å². The van der Waals surface area contributed by atoms with E-state index in [4.69, 9.17) is 19.3 Å². The molecule has 1 aliphatic heterocycles. The van der Waals surface area contributed by atoms with Crippen molar-refractivity contribution in [2.75, 3.05) is 20.8 Å². The molecule has 7 heteroatoms. The molecule has 2 aliphatic carbocycles. The van der Waals surface area contributed by atoms with Crippen molar-refractivity contribution in [1.82, 2.24) is 0 Å². The minimum Gasteiger partial charge on any atom is -0.469 e. The lowest BCUT2D eigenvalue weighted by atomic mass is 9.87. The second kappa shape index (κ2) is 13.9. The number of aliphatic hydroxyl groups is 1. The van der Waals surface area contributed by atoms with Crippen LogP contribution in [0.4, 0.5) is 0 Å². The van der Waals surface area contributed by atoms with Gasteiger partial charge in [-0.25, -0.2) is 0 Å². The van der Waals surface area contributed by atoms with Gasteiger partial charge in [0.15, 0.2) is 6.29 Å². The van der Waals surface area contributed by atoms with Gasteiger partial charge in [-0.15, -0.1) is 0 Å². The quantitative estimate of drug-likeness (QED) is 0.700. The molecule has 0 spiro atoms. The van der Waals surface area contributed by atoms with E-state index in [1.54, 1.807) is 0 Å². The van der Waals surface area contributed by atoms with E-state index in [0.29, 0.717) is 0 Å². The van der Waals surface area contributed by atoms with Gasteiger partial charge in [0, 0.05) is 6.61 Å². The second-order valence-corrected chi connectivity index (χ2v) is 7.96. The maximum absolute atomic E-state index is 11.4. The van der Waals surface area contributed by atoms with Crippen molar-refractivity contribution in [3.05, 3.63) is 0 Å². The summed E-state index contributed by atoms with van der Waals surface area (Å²) in [5, 5.41) is 9.13. The van der Waals surface area contributed by atoms with Crippen molar-refractivity contribution < 1.29 is 33.6 Å². The lowest BCUT2D eigenvalue weighted by Crippen LogP contribution is -2.32. The molecule has 0 amide bonds. The molecule has 1 heterocycles. The number of rotatable bonds is 4. The Labute approximate surface area is 175 Å². The summed E-state index contributed by atoms with van der Waals surface area (Å²) in [6, 6.07) is 0.